The van der Waals surface area contributed by atoms with Gasteiger partial charge in [-0.25, -0.2) is 0 Å². The van der Waals surface area contributed by atoms with Crippen molar-refractivity contribution in [2.24, 2.45) is 0 Å². The van der Waals surface area contributed by atoms with Gasteiger partial charge in [-0.15, -0.1) is 0 Å². The SMILES string of the molecule is N#CCCC(=O)Oc1cccc2ccccc12. The third kappa shape index (κ3) is 2.61. The molecule has 0 fully saturated rings. The molecule has 0 bridgehead atoms. The van der Waals surface area contributed by atoms with E-state index in [1.54, 1.807) is 6.07 Å². The highest BCUT2D eigenvalue weighted by molar-refractivity contribution is 5.90. The number of benzene rings is 2. The summed E-state index contributed by atoms with van der Waals surface area (Å²) in [6, 6.07) is 15.2. The van der Waals surface area contributed by atoms with Crippen molar-refractivity contribution >= 4 is 16.7 Å². The second-order valence-corrected chi connectivity index (χ2v) is 3.61. The summed E-state index contributed by atoms with van der Waals surface area (Å²) in [5, 5.41) is 10.3. The molecule has 0 amide bonds. The molecular weight excluding hydrogens is 214 g/mol. The first-order valence-corrected chi connectivity index (χ1v) is 5.36. The fourth-order valence-corrected chi connectivity index (χ4v) is 1.62. The Bertz CT molecular complexity index is 579. The van der Waals surface area contributed by atoms with Crippen molar-refractivity contribution in [1.29, 1.82) is 5.26 Å². The van der Waals surface area contributed by atoms with E-state index in [1.807, 2.05) is 42.5 Å². The van der Waals surface area contributed by atoms with Crippen LogP contribution in [0.5, 0.6) is 5.75 Å². The fraction of sp³-hybridized carbons (Fsp3) is 0.143. The van der Waals surface area contributed by atoms with Crippen LogP contribution in [0.4, 0.5) is 0 Å². The lowest BCUT2D eigenvalue weighted by molar-refractivity contribution is -0.134. The maximum atomic E-state index is 11.4. The van der Waals surface area contributed by atoms with Gasteiger partial charge < -0.3 is 4.74 Å². The van der Waals surface area contributed by atoms with Crippen molar-refractivity contribution in [3.8, 4) is 11.8 Å². The molecular formula is C14H11NO2. The van der Waals surface area contributed by atoms with Crippen LogP contribution in [0.1, 0.15) is 12.8 Å². The predicted molar refractivity (Wildman–Crippen MR) is 64.4 cm³/mol. The summed E-state index contributed by atoms with van der Waals surface area (Å²) in [4.78, 5) is 11.4. The van der Waals surface area contributed by atoms with Gasteiger partial charge in [-0.1, -0.05) is 36.4 Å². The van der Waals surface area contributed by atoms with E-state index in [4.69, 9.17) is 10.00 Å². The molecule has 0 heterocycles. The maximum absolute atomic E-state index is 11.4. The number of carbonyl (C=O) groups excluding carboxylic acids is 1. The number of hydrogen-bond donors (Lipinski definition) is 0. The monoisotopic (exact) mass is 225 g/mol. The summed E-state index contributed by atoms with van der Waals surface area (Å²) in [7, 11) is 0. The largest absolute Gasteiger partial charge is 0.426 e. The number of esters is 1. The molecule has 84 valence electrons. The quantitative estimate of drug-likeness (QED) is 0.595. The first-order chi connectivity index (χ1) is 8.31. The van der Waals surface area contributed by atoms with Gasteiger partial charge in [0.05, 0.1) is 12.5 Å². The molecule has 2 aromatic carbocycles. The molecule has 0 saturated carbocycles. The maximum Gasteiger partial charge on any atom is 0.312 e. The fourth-order valence-electron chi connectivity index (χ4n) is 1.62. The van der Waals surface area contributed by atoms with Gasteiger partial charge in [-0.3, -0.25) is 4.79 Å². The smallest absolute Gasteiger partial charge is 0.312 e. The Labute approximate surface area is 99.2 Å². The van der Waals surface area contributed by atoms with E-state index in [0.29, 0.717) is 5.75 Å². The molecule has 2 aromatic rings. The third-order valence-corrected chi connectivity index (χ3v) is 2.41. The van der Waals surface area contributed by atoms with Gasteiger partial charge >= 0.3 is 5.97 Å². The van der Waals surface area contributed by atoms with Crippen LogP contribution in [-0.2, 0) is 4.79 Å². The molecule has 0 N–H and O–H groups in total. The van der Waals surface area contributed by atoms with Crippen molar-refractivity contribution in [3.63, 3.8) is 0 Å². The lowest BCUT2D eigenvalue weighted by Gasteiger charge is -2.06. The van der Waals surface area contributed by atoms with Gasteiger partial charge in [0.2, 0.25) is 0 Å². The average Bonchev–Trinajstić information content (AvgIpc) is 2.37. The van der Waals surface area contributed by atoms with Crippen LogP contribution in [0.15, 0.2) is 42.5 Å². The number of fused-ring (bicyclic) bond motifs is 1. The zero-order valence-electron chi connectivity index (χ0n) is 9.22. The molecule has 0 atom stereocenters. The van der Waals surface area contributed by atoms with E-state index >= 15 is 0 Å². The highest BCUT2D eigenvalue weighted by Crippen LogP contribution is 2.25. The normalized spacial score (nSPS) is 9.82. The Kier molecular flexibility index (Phi) is 3.37. The molecule has 0 aliphatic carbocycles. The Morgan fingerprint density at radius 2 is 1.94 bits per heavy atom. The van der Waals surface area contributed by atoms with Gasteiger partial charge in [0, 0.05) is 11.8 Å². The Hall–Kier alpha value is -2.34. The minimum atomic E-state index is -0.372. The summed E-state index contributed by atoms with van der Waals surface area (Å²) in [6.45, 7) is 0. The summed E-state index contributed by atoms with van der Waals surface area (Å²) < 4.78 is 5.24. The first-order valence-electron chi connectivity index (χ1n) is 5.36. The number of carbonyl (C=O) groups is 1. The summed E-state index contributed by atoms with van der Waals surface area (Å²) in [5.41, 5.74) is 0. The van der Waals surface area contributed by atoms with Crippen LogP contribution < -0.4 is 4.74 Å². The molecule has 0 aliphatic rings. The second-order valence-electron chi connectivity index (χ2n) is 3.61. The minimum absolute atomic E-state index is 0.125. The van der Waals surface area contributed by atoms with Crippen molar-refractivity contribution in [1.82, 2.24) is 0 Å². The summed E-state index contributed by atoms with van der Waals surface area (Å²) >= 11 is 0. The van der Waals surface area contributed by atoms with Crippen molar-refractivity contribution < 1.29 is 9.53 Å². The van der Waals surface area contributed by atoms with Crippen molar-refractivity contribution in [2.45, 2.75) is 12.8 Å². The molecule has 17 heavy (non-hydrogen) atoms. The van der Waals surface area contributed by atoms with Crippen LogP contribution in [0.3, 0.4) is 0 Å². The van der Waals surface area contributed by atoms with Crippen LogP contribution in [-0.4, -0.2) is 5.97 Å². The van der Waals surface area contributed by atoms with Crippen LogP contribution >= 0.6 is 0 Å². The molecule has 0 spiro atoms. The van der Waals surface area contributed by atoms with Gasteiger partial charge in [0.15, 0.2) is 0 Å². The summed E-state index contributed by atoms with van der Waals surface area (Å²) in [6.07, 6.45) is 0.309. The molecule has 2 rings (SSSR count). The molecule has 0 saturated heterocycles. The highest BCUT2D eigenvalue weighted by atomic mass is 16.5. The molecule has 3 nitrogen and oxygen atoms in total. The van der Waals surface area contributed by atoms with E-state index in [9.17, 15) is 4.79 Å². The number of nitriles is 1. The number of ether oxygens (including phenoxy) is 1. The van der Waals surface area contributed by atoms with E-state index in [1.165, 1.54) is 0 Å². The Morgan fingerprint density at radius 3 is 2.76 bits per heavy atom. The lowest BCUT2D eigenvalue weighted by Crippen LogP contribution is -2.07. The van der Waals surface area contributed by atoms with Gasteiger partial charge in [-0.2, -0.15) is 5.26 Å². The van der Waals surface area contributed by atoms with Gasteiger partial charge in [-0.05, 0) is 11.5 Å². The summed E-state index contributed by atoms with van der Waals surface area (Å²) in [5.74, 6) is 0.175. The zero-order chi connectivity index (χ0) is 12.1. The number of nitrogens with zero attached hydrogens (tertiary/aromatic N) is 1. The molecule has 3 heteroatoms. The third-order valence-electron chi connectivity index (χ3n) is 2.41. The van der Waals surface area contributed by atoms with Crippen LogP contribution in [0.25, 0.3) is 10.8 Å². The van der Waals surface area contributed by atoms with Gasteiger partial charge in [0.1, 0.15) is 5.75 Å². The Morgan fingerprint density at radius 1 is 1.18 bits per heavy atom. The Balaban J connectivity index is 2.24. The predicted octanol–water partition coefficient (Wildman–Crippen LogP) is 3.05. The zero-order valence-corrected chi connectivity index (χ0v) is 9.22. The minimum Gasteiger partial charge on any atom is -0.426 e. The van der Waals surface area contributed by atoms with Gasteiger partial charge in [0.25, 0.3) is 0 Å². The average molecular weight is 225 g/mol. The van der Waals surface area contributed by atoms with Crippen LogP contribution in [0.2, 0.25) is 0 Å². The van der Waals surface area contributed by atoms with Crippen molar-refractivity contribution in [3.05, 3.63) is 42.5 Å². The van der Waals surface area contributed by atoms with E-state index in [-0.39, 0.29) is 18.8 Å². The first kappa shape index (κ1) is 11.2. The standard InChI is InChI=1S/C14H11NO2/c15-10-4-9-14(16)17-13-8-3-6-11-5-1-2-7-12(11)13/h1-3,5-8H,4,9H2. The highest BCUT2D eigenvalue weighted by Gasteiger charge is 2.07. The van der Waals surface area contributed by atoms with E-state index < -0.39 is 0 Å². The van der Waals surface area contributed by atoms with E-state index in [2.05, 4.69) is 0 Å². The molecule has 0 radical (unpaired) electrons. The number of rotatable bonds is 3. The van der Waals surface area contributed by atoms with Crippen LogP contribution in [0, 0.1) is 11.3 Å². The number of hydrogen-bond acceptors (Lipinski definition) is 3. The molecule has 0 unspecified atom stereocenters. The topological polar surface area (TPSA) is 50.1 Å². The van der Waals surface area contributed by atoms with Crippen molar-refractivity contribution in [2.75, 3.05) is 0 Å². The second kappa shape index (κ2) is 5.13. The van der Waals surface area contributed by atoms with E-state index in [0.717, 1.165) is 10.8 Å². The molecule has 0 aromatic heterocycles. The molecule has 0 aliphatic heterocycles. The lowest BCUT2D eigenvalue weighted by atomic mass is 10.1.